The Bertz CT molecular complexity index is 219. The van der Waals surface area contributed by atoms with E-state index in [1.807, 2.05) is 0 Å². The molecule has 5 nitrogen and oxygen atoms in total. The van der Waals surface area contributed by atoms with Crippen LogP contribution in [-0.2, 0) is 14.3 Å². The number of ether oxygens (including phenoxy) is 2. The number of hydrogen-bond acceptors (Lipinski definition) is 4. The van der Waals surface area contributed by atoms with Crippen molar-refractivity contribution in [1.29, 1.82) is 0 Å². The lowest BCUT2D eigenvalue weighted by Gasteiger charge is -2.43. The molecule has 2 aliphatic rings. The highest BCUT2D eigenvalue weighted by Gasteiger charge is 2.34. The van der Waals surface area contributed by atoms with Gasteiger partial charge in [0.05, 0.1) is 38.9 Å². The van der Waals surface area contributed by atoms with E-state index in [0.717, 1.165) is 6.54 Å². The fraction of sp³-hybridized carbons (Fsp3) is 0.889. The van der Waals surface area contributed by atoms with Crippen LogP contribution in [0.25, 0.3) is 0 Å². The molecule has 2 unspecified atom stereocenters. The van der Waals surface area contributed by atoms with E-state index in [4.69, 9.17) is 14.6 Å². The van der Waals surface area contributed by atoms with Gasteiger partial charge in [-0.15, -0.1) is 0 Å². The molecule has 0 radical (unpaired) electrons. The molecule has 2 aliphatic heterocycles. The van der Waals surface area contributed by atoms with Crippen molar-refractivity contribution >= 4 is 5.97 Å². The second-order valence-electron chi connectivity index (χ2n) is 3.76. The number of nitrogens with zero attached hydrogens (tertiary/aromatic N) is 1. The van der Waals surface area contributed by atoms with Crippen molar-refractivity contribution in [2.24, 2.45) is 0 Å². The van der Waals surface area contributed by atoms with Gasteiger partial charge < -0.3 is 14.6 Å². The van der Waals surface area contributed by atoms with Gasteiger partial charge in [-0.1, -0.05) is 0 Å². The predicted octanol–water partition coefficient (Wildman–Crippen LogP) is -0.439. The Morgan fingerprint density at radius 1 is 1.36 bits per heavy atom. The van der Waals surface area contributed by atoms with Gasteiger partial charge in [0.1, 0.15) is 0 Å². The minimum Gasteiger partial charge on any atom is -0.481 e. The molecule has 80 valence electrons. The summed E-state index contributed by atoms with van der Waals surface area (Å²) in [6.45, 7) is 3.38. The van der Waals surface area contributed by atoms with E-state index in [-0.39, 0.29) is 18.5 Å². The van der Waals surface area contributed by atoms with Gasteiger partial charge in [0.15, 0.2) is 0 Å². The van der Waals surface area contributed by atoms with Gasteiger partial charge in [0.25, 0.3) is 0 Å². The molecule has 0 aromatic rings. The molecule has 1 N–H and O–H groups in total. The first-order chi connectivity index (χ1) is 6.77. The van der Waals surface area contributed by atoms with Gasteiger partial charge in [-0.05, 0) is 0 Å². The molecular formula is C9H15NO4. The number of carboxylic acids is 1. The number of morpholine rings is 2. The van der Waals surface area contributed by atoms with Crippen molar-refractivity contribution in [2.75, 3.05) is 33.0 Å². The van der Waals surface area contributed by atoms with Crippen LogP contribution in [0.3, 0.4) is 0 Å². The molecule has 2 saturated heterocycles. The summed E-state index contributed by atoms with van der Waals surface area (Å²) in [6, 6.07) is 0.275. The second kappa shape index (κ2) is 4.25. The minimum absolute atomic E-state index is 0.0233. The molecule has 2 atom stereocenters. The van der Waals surface area contributed by atoms with Crippen LogP contribution in [-0.4, -0.2) is 61.0 Å². The third-order valence-electron chi connectivity index (χ3n) is 2.77. The third-order valence-corrected chi connectivity index (χ3v) is 2.77. The molecule has 2 heterocycles. The van der Waals surface area contributed by atoms with Gasteiger partial charge in [0, 0.05) is 12.6 Å². The number of rotatable bonds is 2. The van der Waals surface area contributed by atoms with Crippen molar-refractivity contribution in [3.05, 3.63) is 0 Å². The second-order valence-corrected chi connectivity index (χ2v) is 3.76. The smallest absolute Gasteiger partial charge is 0.305 e. The number of aliphatic carboxylic acids is 1. The maximum Gasteiger partial charge on any atom is 0.305 e. The Labute approximate surface area is 82.6 Å². The molecule has 2 rings (SSSR count). The molecule has 0 saturated carbocycles. The fourth-order valence-corrected chi connectivity index (χ4v) is 2.11. The van der Waals surface area contributed by atoms with Crippen molar-refractivity contribution in [3.8, 4) is 0 Å². The monoisotopic (exact) mass is 201 g/mol. The zero-order valence-corrected chi connectivity index (χ0v) is 8.02. The first-order valence-electron chi connectivity index (χ1n) is 4.90. The average Bonchev–Trinajstić information content (AvgIpc) is 2.18. The summed E-state index contributed by atoms with van der Waals surface area (Å²) in [7, 11) is 0. The fourth-order valence-electron chi connectivity index (χ4n) is 2.11. The van der Waals surface area contributed by atoms with E-state index in [1.54, 1.807) is 0 Å². The quantitative estimate of drug-likeness (QED) is 0.656. The summed E-state index contributed by atoms with van der Waals surface area (Å²) in [5, 5.41) is 8.74. The third kappa shape index (κ3) is 2.05. The lowest BCUT2D eigenvalue weighted by molar-refractivity contribution is -0.146. The first-order valence-corrected chi connectivity index (χ1v) is 4.90. The minimum atomic E-state index is -0.759. The van der Waals surface area contributed by atoms with E-state index in [9.17, 15) is 4.79 Å². The zero-order chi connectivity index (χ0) is 9.97. The maximum absolute atomic E-state index is 10.6. The molecule has 0 spiro atoms. The van der Waals surface area contributed by atoms with E-state index in [2.05, 4.69) is 4.90 Å². The Morgan fingerprint density at radius 3 is 2.93 bits per heavy atom. The molecule has 0 aliphatic carbocycles. The van der Waals surface area contributed by atoms with Gasteiger partial charge in [-0.3, -0.25) is 9.69 Å². The highest BCUT2D eigenvalue weighted by molar-refractivity contribution is 5.67. The summed E-state index contributed by atoms with van der Waals surface area (Å²) >= 11 is 0. The summed E-state index contributed by atoms with van der Waals surface area (Å²) in [6.07, 6.45) is 0.163. The average molecular weight is 201 g/mol. The highest BCUT2D eigenvalue weighted by atomic mass is 16.5. The van der Waals surface area contributed by atoms with Crippen LogP contribution in [0.5, 0.6) is 0 Å². The Morgan fingerprint density at radius 2 is 2.14 bits per heavy atom. The Hall–Kier alpha value is -0.650. The topological polar surface area (TPSA) is 59.0 Å². The van der Waals surface area contributed by atoms with Crippen LogP contribution >= 0.6 is 0 Å². The van der Waals surface area contributed by atoms with E-state index in [0.29, 0.717) is 26.4 Å². The van der Waals surface area contributed by atoms with Crippen molar-refractivity contribution in [3.63, 3.8) is 0 Å². The van der Waals surface area contributed by atoms with Gasteiger partial charge in [-0.25, -0.2) is 0 Å². The number of hydrogen-bond donors (Lipinski definition) is 1. The van der Waals surface area contributed by atoms with Gasteiger partial charge in [0.2, 0.25) is 0 Å². The molecule has 2 fully saturated rings. The van der Waals surface area contributed by atoms with Crippen LogP contribution in [0.4, 0.5) is 0 Å². The maximum atomic E-state index is 10.6. The van der Waals surface area contributed by atoms with Crippen molar-refractivity contribution < 1.29 is 19.4 Å². The molecular weight excluding hydrogens is 186 g/mol. The first kappa shape index (κ1) is 9.89. The molecule has 0 bridgehead atoms. The van der Waals surface area contributed by atoms with Crippen LogP contribution < -0.4 is 0 Å². The van der Waals surface area contributed by atoms with Crippen molar-refractivity contribution in [2.45, 2.75) is 18.5 Å². The van der Waals surface area contributed by atoms with Crippen molar-refractivity contribution in [1.82, 2.24) is 4.90 Å². The van der Waals surface area contributed by atoms with Gasteiger partial charge >= 0.3 is 5.97 Å². The molecule has 0 amide bonds. The summed E-state index contributed by atoms with van der Waals surface area (Å²) in [5.41, 5.74) is 0. The van der Waals surface area contributed by atoms with E-state index in [1.165, 1.54) is 0 Å². The summed E-state index contributed by atoms with van der Waals surface area (Å²) in [4.78, 5) is 12.8. The Kier molecular flexibility index (Phi) is 3.00. The molecule has 14 heavy (non-hydrogen) atoms. The SMILES string of the molecule is O=C(O)CC1COCC2COCCN21. The molecule has 0 aromatic heterocycles. The standard InChI is InChI=1S/C9H15NO4/c11-9(12)3-7-4-14-6-8-5-13-2-1-10(7)8/h7-8H,1-6H2,(H,11,12). The van der Waals surface area contributed by atoms with E-state index >= 15 is 0 Å². The number of carbonyl (C=O) groups is 1. The number of carboxylic acid groups (broad SMARTS) is 1. The van der Waals surface area contributed by atoms with Crippen LogP contribution in [0.1, 0.15) is 6.42 Å². The highest BCUT2D eigenvalue weighted by Crippen LogP contribution is 2.19. The van der Waals surface area contributed by atoms with Crippen LogP contribution in [0.2, 0.25) is 0 Å². The summed E-state index contributed by atoms with van der Waals surface area (Å²) < 4.78 is 10.7. The van der Waals surface area contributed by atoms with Crippen LogP contribution in [0, 0.1) is 0 Å². The predicted molar refractivity (Wildman–Crippen MR) is 48.2 cm³/mol. The van der Waals surface area contributed by atoms with Gasteiger partial charge in [-0.2, -0.15) is 0 Å². The van der Waals surface area contributed by atoms with E-state index < -0.39 is 5.97 Å². The molecule has 0 aromatic carbocycles. The summed E-state index contributed by atoms with van der Waals surface area (Å²) in [5.74, 6) is -0.759. The largest absolute Gasteiger partial charge is 0.481 e. The zero-order valence-electron chi connectivity index (χ0n) is 8.02. The normalized spacial score (nSPS) is 33.7. The molecule has 5 heteroatoms. The van der Waals surface area contributed by atoms with Crippen LogP contribution in [0.15, 0.2) is 0 Å². The lowest BCUT2D eigenvalue weighted by Crippen LogP contribution is -2.58. The lowest BCUT2D eigenvalue weighted by atomic mass is 10.1. The number of fused-ring (bicyclic) bond motifs is 1. The Balaban J connectivity index is 1.97.